The summed E-state index contributed by atoms with van der Waals surface area (Å²) >= 11 is 0. The standard InChI is InChI=1S/C13H22N2O5S/c1-13(2,3)20-12(17)10-21(18,19)9-6-11(16)15(4)8-5-7-14/h5-6,8-10H2,1-4H3. The van der Waals surface area contributed by atoms with Crippen molar-refractivity contribution in [2.75, 3.05) is 25.1 Å². The van der Waals surface area contributed by atoms with Gasteiger partial charge in [0.25, 0.3) is 0 Å². The van der Waals surface area contributed by atoms with Crippen molar-refractivity contribution in [3.8, 4) is 6.07 Å². The molecule has 0 heterocycles. The lowest BCUT2D eigenvalue weighted by atomic mass is 10.2. The van der Waals surface area contributed by atoms with Crippen molar-refractivity contribution < 1.29 is 22.7 Å². The average Bonchev–Trinajstić information content (AvgIpc) is 2.29. The highest BCUT2D eigenvalue weighted by Crippen LogP contribution is 2.08. The summed E-state index contributed by atoms with van der Waals surface area (Å²) in [6.07, 6.45) is -0.0278. The van der Waals surface area contributed by atoms with Gasteiger partial charge in [0.15, 0.2) is 9.84 Å². The zero-order valence-corrected chi connectivity index (χ0v) is 13.7. The molecule has 0 aliphatic heterocycles. The maximum Gasteiger partial charge on any atom is 0.321 e. The average molecular weight is 318 g/mol. The van der Waals surface area contributed by atoms with E-state index in [1.807, 2.05) is 6.07 Å². The lowest BCUT2D eigenvalue weighted by molar-refractivity contribution is -0.151. The Kier molecular flexibility index (Phi) is 7.36. The normalized spacial score (nSPS) is 11.6. The zero-order chi connectivity index (χ0) is 16.7. The van der Waals surface area contributed by atoms with Crippen LogP contribution in [0.15, 0.2) is 0 Å². The van der Waals surface area contributed by atoms with Crippen LogP contribution in [0.25, 0.3) is 0 Å². The molecular weight excluding hydrogens is 296 g/mol. The van der Waals surface area contributed by atoms with Gasteiger partial charge in [0.05, 0.1) is 18.2 Å². The van der Waals surface area contributed by atoms with E-state index >= 15 is 0 Å². The third-order valence-electron chi connectivity index (χ3n) is 2.37. The summed E-state index contributed by atoms with van der Waals surface area (Å²) in [5.74, 6) is -2.35. The van der Waals surface area contributed by atoms with Crippen LogP contribution >= 0.6 is 0 Å². The Morgan fingerprint density at radius 3 is 2.33 bits per heavy atom. The van der Waals surface area contributed by atoms with Crippen molar-refractivity contribution in [3.63, 3.8) is 0 Å². The lowest BCUT2D eigenvalue weighted by Crippen LogP contribution is -2.32. The van der Waals surface area contributed by atoms with Gasteiger partial charge in [-0.25, -0.2) is 8.42 Å². The van der Waals surface area contributed by atoms with E-state index in [1.165, 1.54) is 11.9 Å². The number of rotatable bonds is 7. The van der Waals surface area contributed by atoms with Crippen LogP contribution in [0.1, 0.15) is 33.6 Å². The Morgan fingerprint density at radius 1 is 1.29 bits per heavy atom. The highest BCUT2D eigenvalue weighted by molar-refractivity contribution is 7.92. The van der Waals surface area contributed by atoms with Crippen LogP contribution in [-0.2, 0) is 24.2 Å². The first-order valence-corrected chi connectivity index (χ1v) is 8.32. The van der Waals surface area contributed by atoms with Crippen LogP contribution in [0, 0.1) is 11.3 Å². The molecule has 0 unspecified atom stereocenters. The number of hydrogen-bond acceptors (Lipinski definition) is 6. The highest BCUT2D eigenvalue weighted by atomic mass is 32.2. The number of amides is 1. The Balaban J connectivity index is 4.34. The third kappa shape index (κ3) is 9.85. The Labute approximate surface area is 125 Å². The number of ether oxygens (including phenoxy) is 1. The van der Waals surface area contributed by atoms with E-state index in [2.05, 4.69) is 0 Å². The summed E-state index contributed by atoms with van der Waals surface area (Å²) < 4.78 is 28.4. The van der Waals surface area contributed by atoms with Crippen LogP contribution in [0.2, 0.25) is 0 Å². The van der Waals surface area contributed by atoms with Gasteiger partial charge < -0.3 is 9.64 Å². The van der Waals surface area contributed by atoms with Gasteiger partial charge in [-0.05, 0) is 20.8 Å². The largest absolute Gasteiger partial charge is 0.459 e. The topological polar surface area (TPSA) is 105 Å². The van der Waals surface area contributed by atoms with E-state index in [4.69, 9.17) is 10.00 Å². The summed E-state index contributed by atoms with van der Waals surface area (Å²) in [4.78, 5) is 24.4. The Bertz CT molecular complexity index is 514. The molecule has 1 amide bonds. The molecule has 0 aromatic carbocycles. The fourth-order valence-corrected chi connectivity index (χ4v) is 2.45. The van der Waals surface area contributed by atoms with Gasteiger partial charge in [-0.15, -0.1) is 0 Å². The van der Waals surface area contributed by atoms with Crippen molar-refractivity contribution >= 4 is 21.7 Å². The molecule has 0 spiro atoms. The number of carbonyl (C=O) groups is 2. The maximum atomic E-state index is 11.7. The predicted molar refractivity (Wildman–Crippen MR) is 77.0 cm³/mol. The molecule has 0 aromatic heterocycles. The number of nitriles is 1. The zero-order valence-electron chi connectivity index (χ0n) is 12.9. The number of carbonyl (C=O) groups excluding carboxylic acids is 2. The van der Waals surface area contributed by atoms with Crippen molar-refractivity contribution in [1.29, 1.82) is 5.26 Å². The monoisotopic (exact) mass is 318 g/mol. The first-order chi connectivity index (χ1) is 9.47. The second-order valence-electron chi connectivity index (χ2n) is 5.65. The van der Waals surface area contributed by atoms with Gasteiger partial charge in [0, 0.05) is 20.0 Å². The molecule has 0 saturated heterocycles. The van der Waals surface area contributed by atoms with Crippen LogP contribution < -0.4 is 0 Å². The second kappa shape index (κ2) is 7.98. The van der Waals surface area contributed by atoms with E-state index in [1.54, 1.807) is 20.8 Å². The quantitative estimate of drug-likeness (QED) is 0.633. The minimum atomic E-state index is -3.69. The van der Waals surface area contributed by atoms with Crippen molar-refractivity contribution in [3.05, 3.63) is 0 Å². The van der Waals surface area contributed by atoms with Crippen LogP contribution in [-0.4, -0.2) is 55.9 Å². The summed E-state index contributed by atoms with van der Waals surface area (Å²) in [6, 6.07) is 1.90. The van der Waals surface area contributed by atoms with E-state index in [0.717, 1.165) is 0 Å². The molecule has 0 atom stereocenters. The molecule has 0 aromatic rings. The Hall–Kier alpha value is -1.62. The van der Waals surface area contributed by atoms with E-state index in [0.29, 0.717) is 0 Å². The smallest absolute Gasteiger partial charge is 0.321 e. The molecule has 0 aliphatic carbocycles. The highest BCUT2D eigenvalue weighted by Gasteiger charge is 2.23. The van der Waals surface area contributed by atoms with E-state index in [-0.39, 0.29) is 25.3 Å². The van der Waals surface area contributed by atoms with Gasteiger partial charge in [0.1, 0.15) is 11.4 Å². The number of hydrogen-bond donors (Lipinski definition) is 0. The predicted octanol–water partition coefficient (Wildman–Crippen LogP) is 0.505. The number of sulfone groups is 1. The van der Waals surface area contributed by atoms with Gasteiger partial charge in [-0.3, -0.25) is 9.59 Å². The second-order valence-corrected chi connectivity index (χ2v) is 7.84. The van der Waals surface area contributed by atoms with Gasteiger partial charge >= 0.3 is 5.97 Å². The molecule has 0 saturated carbocycles. The third-order valence-corrected chi connectivity index (χ3v) is 3.87. The molecule has 120 valence electrons. The van der Waals surface area contributed by atoms with Crippen LogP contribution in [0.4, 0.5) is 0 Å². The summed E-state index contributed by atoms with van der Waals surface area (Å²) in [7, 11) is -2.19. The molecule has 0 bridgehead atoms. The molecule has 0 radical (unpaired) electrons. The fraction of sp³-hybridized carbons (Fsp3) is 0.769. The summed E-state index contributed by atoms with van der Waals surface area (Å²) in [5, 5.41) is 8.41. The van der Waals surface area contributed by atoms with Crippen molar-refractivity contribution in [2.45, 2.75) is 39.2 Å². The molecule has 0 fully saturated rings. The summed E-state index contributed by atoms with van der Waals surface area (Å²) in [6.45, 7) is 5.18. The van der Waals surface area contributed by atoms with Gasteiger partial charge in [-0.2, -0.15) is 5.26 Å². The molecule has 7 nitrogen and oxygen atoms in total. The molecular formula is C13H22N2O5S. The van der Waals surface area contributed by atoms with Crippen LogP contribution in [0.5, 0.6) is 0 Å². The fourth-order valence-electron chi connectivity index (χ4n) is 1.40. The maximum absolute atomic E-state index is 11.7. The minimum absolute atomic E-state index is 0.187. The molecule has 21 heavy (non-hydrogen) atoms. The SMILES string of the molecule is CN(CCC#N)C(=O)CCS(=O)(=O)CC(=O)OC(C)(C)C. The first kappa shape index (κ1) is 19.4. The lowest BCUT2D eigenvalue weighted by Gasteiger charge is -2.19. The molecule has 0 rings (SSSR count). The number of nitrogens with zero attached hydrogens (tertiary/aromatic N) is 2. The molecule has 0 N–H and O–H groups in total. The van der Waals surface area contributed by atoms with E-state index < -0.39 is 32.9 Å². The van der Waals surface area contributed by atoms with Crippen molar-refractivity contribution in [1.82, 2.24) is 4.90 Å². The summed E-state index contributed by atoms with van der Waals surface area (Å²) in [5.41, 5.74) is -0.750. The molecule has 0 aliphatic rings. The minimum Gasteiger partial charge on any atom is -0.459 e. The Morgan fingerprint density at radius 2 is 1.86 bits per heavy atom. The van der Waals surface area contributed by atoms with E-state index in [9.17, 15) is 18.0 Å². The first-order valence-electron chi connectivity index (χ1n) is 6.50. The van der Waals surface area contributed by atoms with Crippen LogP contribution in [0.3, 0.4) is 0 Å². The molecule has 8 heteroatoms. The van der Waals surface area contributed by atoms with Gasteiger partial charge in [0.2, 0.25) is 5.91 Å². The van der Waals surface area contributed by atoms with Gasteiger partial charge in [-0.1, -0.05) is 0 Å². The van der Waals surface area contributed by atoms with Crippen molar-refractivity contribution in [2.24, 2.45) is 0 Å². The number of esters is 1.